The lowest BCUT2D eigenvalue weighted by atomic mass is 10.1. The average molecular weight is 432 g/mol. The summed E-state index contributed by atoms with van der Waals surface area (Å²) < 4.78 is 27.9. The van der Waals surface area contributed by atoms with Gasteiger partial charge in [0.25, 0.3) is 0 Å². The smallest absolute Gasteiger partial charge is 0.248 e. The molecule has 0 saturated carbocycles. The van der Waals surface area contributed by atoms with E-state index in [2.05, 4.69) is 9.97 Å². The first kappa shape index (κ1) is 19.4. The summed E-state index contributed by atoms with van der Waals surface area (Å²) >= 11 is 12.1. The second-order valence-electron chi connectivity index (χ2n) is 6.34. The average Bonchev–Trinajstić information content (AvgIpc) is 2.70. The summed E-state index contributed by atoms with van der Waals surface area (Å²) in [5, 5.41) is 1.38. The molecule has 2 aromatic carbocycles. The zero-order chi connectivity index (χ0) is 20.5. The minimum absolute atomic E-state index is 0.167. The SMILES string of the molecule is O=c1cc(CN(c2cccc(Cl)c2)c2ccc(Cl)cn2)c2ccc(F)c(F)c2[nH]1. The summed E-state index contributed by atoms with van der Waals surface area (Å²) in [6, 6.07) is 14.3. The molecule has 4 aromatic rings. The molecule has 4 rings (SSSR count). The van der Waals surface area contributed by atoms with Gasteiger partial charge in [-0.25, -0.2) is 13.8 Å². The fraction of sp³-hybridized carbons (Fsp3) is 0.0476. The number of aromatic amines is 1. The fourth-order valence-electron chi connectivity index (χ4n) is 3.11. The van der Waals surface area contributed by atoms with E-state index in [1.54, 1.807) is 35.2 Å². The van der Waals surface area contributed by atoms with E-state index >= 15 is 0 Å². The van der Waals surface area contributed by atoms with Crippen LogP contribution in [0.15, 0.2) is 65.6 Å². The van der Waals surface area contributed by atoms with Crippen LogP contribution in [-0.4, -0.2) is 9.97 Å². The number of anilines is 2. The van der Waals surface area contributed by atoms with E-state index in [1.165, 1.54) is 18.3 Å². The Labute approximate surface area is 174 Å². The monoisotopic (exact) mass is 431 g/mol. The van der Waals surface area contributed by atoms with E-state index in [4.69, 9.17) is 23.2 Å². The number of hydrogen-bond donors (Lipinski definition) is 1. The molecule has 29 heavy (non-hydrogen) atoms. The molecule has 0 atom stereocenters. The highest BCUT2D eigenvalue weighted by molar-refractivity contribution is 6.31. The number of pyridine rings is 2. The van der Waals surface area contributed by atoms with E-state index in [0.29, 0.717) is 32.5 Å². The highest BCUT2D eigenvalue weighted by Crippen LogP contribution is 2.30. The molecular formula is C21H13Cl2F2N3O. The summed E-state index contributed by atoms with van der Waals surface area (Å²) in [6.45, 7) is 0.167. The maximum atomic E-state index is 14.2. The summed E-state index contributed by atoms with van der Waals surface area (Å²) in [6.07, 6.45) is 1.50. The van der Waals surface area contributed by atoms with Crippen LogP contribution in [0.1, 0.15) is 5.56 Å². The van der Waals surface area contributed by atoms with Gasteiger partial charge in [-0.2, -0.15) is 0 Å². The van der Waals surface area contributed by atoms with Crippen LogP contribution in [0.3, 0.4) is 0 Å². The fourth-order valence-corrected chi connectivity index (χ4v) is 3.41. The molecule has 0 aliphatic heterocycles. The van der Waals surface area contributed by atoms with Crippen molar-refractivity contribution < 1.29 is 8.78 Å². The molecule has 0 amide bonds. The highest BCUT2D eigenvalue weighted by atomic mass is 35.5. The summed E-state index contributed by atoms with van der Waals surface area (Å²) in [7, 11) is 0. The minimum atomic E-state index is -1.10. The number of aromatic nitrogens is 2. The molecule has 0 unspecified atom stereocenters. The van der Waals surface area contributed by atoms with Crippen LogP contribution in [0.4, 0.5) is 20.3 Å². The van der Waals surface area contributed by atoms with Gasteiger partial charge in [0.05, 0.1) is 17.1 Å². The van der Waals surface area contributed by atoms with Gasteiger partial charge >= 0.3 is 0 Å². The zero-order valence-electron chi connectivity index (χ0n) is 14.8. The molecule has 0 aliphatic carbocycles. The van der Waals surface area contributed by atoms with Gasteiger partial charge in [0.2, 0.25) is 5.56 Å². The number of H-pyrrole nitrogens is 1. The summed E-state index contributed by atoms with van der Waals surface area (Å²) in [5.41, 5.74) is 0.498. The van der Waals surface area contributed by atoms with Gasteiger partial charge in [-0.3, -0.25) is 4.79 Å². The lowest BCUT2D eigenvalue weighted by Crippen LogP contribution is -2.20. The standard InChI is InChI=1S/C21H13Cl2F2N3O/c22-13-2-1-3-15(9-13)28(18-7-4-14(23)10-26-18)11-12-8-19(29)27-21-16(12)5-6-17(24)20(21)25/h1-10H,11H2,(H,27,29). The molecule has 1 N–H and O–H groups in total. The summed E-state index contributed by atoms with van der Waals surface area (Å²) in [5.74, 6) is -1.58. The minimum Gasteiger partial charge on any atom is -0.322 e. The number of benzene rings is 2. The number of fused-ring (bicyclic) bond motifs is 1. The highest BCUT2D eigenvalue weighted by Gasteiger charge is 2.17. The van der Waals surface area contributed by atoms with Crippen LogP contribution < -0.4 is 10.5 Å². The topological polar surface area (TPSA) is 49.0 Å². The van der Waals surface area contributed by atoms with Crippen LogP contribution in [0, 0.1) is 11.6 Å². The van der Waals surface area contributed by atoms with E-state index in [-0.39, 0.29) is 12.1 Å². The maximum Gasteiger partial charge on any atom is 0.248 e. The third-order valence-corrected chi connectivity index (χ3v) is 4.89. The molecule has 146 valence electrons. The Bertz CT molecular complexity index is 1260. The van der Waals surface area contributed by atoms with Crippen LogP contribution in [-0.2, 0) is 6.54 Å². The Morgan fingerprint density at radius 2 is 1.83 bits per heavy atom. The van der Waals surface area contributed by atoms with Crippen molar-refractivity contribution in [2.24, 2.45) is 0 Å². The first-order chi connectivity index (χ1) is 13.9. The van der Waals surface area contributed by atoms with Crippen LogP contribution in [0.5, 0.6) is 0 Å². The van der Waals surface area contributed by atoms with Crippen LogP contribution >= 0.6 is 23.2 Å². The van der Waals surface area contributed by atoms with Gasteiger partial charge in [-0.15, -0.1) is 0 Å². The van der Waals surface area contributed by atoms with Crippen molar-refractivity contribution in [3.63, 3.8) is 0 Å². The second kappa shape index (κ2) is 7.81. The maximum absolute atomic E-state index is 14.2. The van der Waals surface area contributed by atoms with Gasteiger partial charge in [-0.1, -0.05) is 29.3 Å². The third-order valence-electron chi connectivity index (χ3n) is 4.43. The Balaban J connectivity index is 1.88. The van der Waals surface area contributed by atoms with Crippen LogP contribution in [0.2, 0.25) is 10.0 Å². The lowest BCUT2D eigenvalue weighted by molar-refractivity contribution is 0.515. The second-order valence-corrected chi connectivity index (χ2v) is 7.22. The van der Waals surface area contributed by atoms with Gasteiger partial charge in [-0.05, 0) is 48.0 Å². The van der Waals surface area contributed by atoms with Gasteiger partial charge in [0, 0.05) is 28.4 Å². The molecule has 8 heteroatoms. The quantitative estimate of drug-likeness (QED) is 0.441. The third kappa shape index (κ3) is 3.95. The van der Waals surface area contributed by atoms with Crippen molar-refractivity contribution in [2.75, 3.05) is 4.90 Å². The molecule has 0 saturated heterocycles. The normalized spacial score (nSPS) is 11.0. The molecular weight excluding hydrogens is 419 g/mol. The van der Waals surface area contributed by atoms with Crippen LogP contribution in [0.25, 0.3) is 10.9 Å². The molecule has 2 heterocycles. The largest absolute Gasteiger partial charge is 0.322 e. The van der Waals surface area contributed by atoms with Crippen molar-refractivity contribution >= 4 is 45.6 Å². The Morgan fingerprint density at radius 1 is 1.00 bits per heavy atom. The van der Waals surface area contributed by atoms with Crippen molar-refractivity contribution in [1.82, 2.24) is 9.97 Å². The van der Waals surface area contributed by atoms with Gasteiger partial charge in [0.1, 0.15) is 5.82 Å². The Kier molecular flexibility index (Phi) is 5.22. The predicted octanol–water partition coefficient (Wildman–Crippen LogP) is 5.85. The van der Waals surface area contributed by atoms with Crippen molar-refractivity contribution in [3.05, 3.63) is 98.4 Å². The van der Waals surface area contributed by atoms with E-state index in [1.807, 2.05) is 6.07 Å². The summed E-state index contributed by atoms with van der Waals surface area (Å²) in [4.78, 5) is 20.6. The Hall–Kier alpha value is -2.96. The molecule has 4 nitrogen and oxygen atoms in total. The molecule has 2 aromatic heterocycles. The van der Waals surface area contributed by atoms with Crippen molar-refractivity contribution in [3.8, 4) is 0 Å². The van der Waals surface area contributed by atoms with Gasteiger partial charge < -0.3 is 9.88 Å². The first-order valence-corrected chi connectivity index (χ1v) is 9.32. The first-order valence-electron chi connectivity index (χ1n) is 8.57. The molecule has 0 radical (unpaired) electrons. The van der Waals surface area contributed by atoms with Crippen molar-refractivity contribution in [1.29, 1.82) is 0 Å². The lowest BCUT2D eigenvalue weighted by Gasteiger charge is -2.25. The Morgan fingerprint density at radius 3 is 2.55 bits per heavy atom. The number of rotatable bonds is 4. The molecule has 0 bridgehead atoms. The number of nitrogens with zero attached hydrogens (tertiary/aromatic N) is 2. The zero-order valence-corrected chi connectivity index (χ0v) is 16.3. The predicted molar refractivity (Wildman–Crippen MR) is 111 cm³/mol. The van der Waals surface area contributed by atoms with Gasteiger partial charge in [0.15, 0.2) is 11.6 Å². The number of nitrogens with one attached hydrogen (secondary N) is 1. The van der Waals surface area contributed by atoms with Crippen molar-refractivity contribution in [2.45, 2.75) is 6.54 Å². The molecule has 0 fully saturated rings. The van der Waals surface area contributed by atoms with E-state index in [9.17, 15) is 13.6 Å². The van der Waals surface area contributed by atoms with E-state index < -0.39 is 17.2 Å². The molecule has 0 aliphatic rings. The number of halogens is 4. The van der Waals surface area contributed by atoms with E-state index in [0.717, 1.165) is 6.07 Å². The number of hydrogen-bond acceptors (Lipinski definition) is 3. The molecule has 0 spiro atoms.